The van der Waals surface area contributed by atoms with E-state index in [4.69, 9.17) is 9.47 Å². The first-order valence-corrected chi connectivity index (χ1v) is 12.0. The molecule has 1 atom stereocenters. The summed E-state index contributed by atoms with van der Waals surface area (Å²) in [5, 5.41) is 3.00. The van der Waals surface area contributed by atoms with E-state index in [0.29, 0.717) is 23.6 Å². The van der Waals surface area contributed by atoms with Gasteiger partial charge in [0.05, 0.1) is 25.1 Å². The quantitative estimate of drug-likeness (QED) is 0.734. The monoisotopic (exact) mass is 446 g/mol. The summed E-state index contributed by atoms with van der Waals surface area (Å²) in [5.74, 6) is 0.952. The van der Waals surface area contributed by atoms with Crippen LogP contribution < -0.4 is 19.1 Å². The Labute approximate surface area is 184 Å². The van der Waals surface area contributed by atoms with E-state index in [9.17, 15) is 13.2 Å². The van der Waals surface area contributed by atoms with Crippen LogP contribution in [0.15, 0.2) is 36.4 Å². The van der Waals surface area contributed by atoms with Gasteiger partial charge < -0.3 is 14.8 Å². The predicted octanol–water partition coefficient (Wildman–Crippen LogP) is 3.50. The lowest BCUT2D eigenvalue weighted by Crippen LogP contribution is -2.45. The highest BCUT2D eigenvalue weighted by Gasteiger charge is 2.35. The molecule has 0 fully saturated rings. The Morgan fingerprint density at radius 1 is 1.23 bits per heavy atom. The van der Waals surface area contributed by atoms with Gasteiger partial charge in [-0.15, -0.1) is 0 Å². The van der Waals surface area contributed by atoms with Crippen LogP contribution in [0.25, 0.3) is 0 Å². The fourth-order valence-corrected chi connectivity index (χ4v) is 4.84. The molecule has 0 aromatic heterocycles. The predicted molar refractivity (Wildman–Crippen MR) is 121 cm³/mol. The molecule has 3 rings (SSSR count). The van der Waals surface area contributed by atoms with Crippen LogP contribution in [-0.4, -0.2) is 39.8 Å². The third kappa shape index (κ3) is 5.31. The Morgan fingerprint density at radius 3 is 2.55 bits per heavy atom. The molecule has 0 saturated carbocycles. The van der Waals surface area contributed by atoms with Crippen LogP contribution >= 0.6 is 0 Å². The Balaban J connectivity index is 1.88. The van der Waals surface area contributed by atoms with Crippen molar-refractivity contribution in [1.29, 1.82) is 0 Å². The summed E-state index contributed by atoms with van der Waals surface area (Å²) < 4.78 is 37.5. The number of carbonyl (C=O) groups is 1. The molecule has 7 nitrogen and oxygen atoms in total. The smallest absolute Gasteiger partial charge is 0.241 e. The van der Waals surface area contributed by atoms with Gasteiger partial charge in [0.2, 0.25) is 15.9 Å². The van der Waals surface area contributed by atoms with Crippen LogP contribution in [-0.2, 0) is 14.8 Å². The number of nitrogens with one attached hydrogen (secondary N) is 1. The molecule has 0 bridgehead atoms. The Hall–Kier alpha value is -2.74. The summed E-state index contributed by atoms with van der Waals surface area (Å²) in [4.78, 5) is 13.0. The van der Waals surface area contributed by atoms with Crippen molar-refractivity contribution in [3.63, 3.8) is 0 Å². The van der Waals surface area contributed by atoms with Gasteiger partial charge in [-0.1, -0.05) is 17.7 Å². The lowest BCUT2D eigenvalue weighted by atomic mass is 9.89. The summed E-state index contributed by atoms with van der Waals surface area (Å²) >= 11 is 0. The lowest BCUT2D eigenvalue weighted by molar-refractivity contribution is -0.120. The van der Waals surface area contributed by atoms with Gasteiger partial charge in [0, 0.05) is 12.0 Å². The first-order valence-electron chi connectivity index (χ1n) is 10.1. The molecule has 0 unspecified atom stereocenters. The minimum atomic E-state index is -3.66. The molecule has 0 radical (unpaired) electrons. The van der Waals surface area contributed by atoms with Gasteiger partial charge >= 0.3 is 0 Å². The zero-order chi connectivity index (χ0) is 23.0. The van der Waals surface area contributed by atoms with Gasteiger partial charge in [-0.05, 0) is 57.5 Å². The highest BCUT2D eigenvalue weighted by molar-refractivity contribution is 7.92. The average Bonchev–Trinajstić information content (AvgIpc) is 2.65. The number of anilines is 1. The van der Waals surface area contributed by atoms with Gasteiger partial charge in [0.1, 0.15) is 23.6 Å². The number of rotatable bonds is 6. The van der Waals surface area contributed by atoms with Crippen LogP contribution in [0.3, 0.4) is 0 Å². The van der Waals surface area contributed by atoms with Crippen molar-refractivity contribution in [3.8, 4) is 11.5 Å². The topological polar surface area (TPSA) is 84.9 Å². The van der Waals surface area contributed by atoms with E-state index in [1.807, 2.05) is 58.0 Å². The number of ether oxygens (including phenoxy) is 2. The number of carbonyl (C=O) groups excluding carboxylic acids is 1. The van der Waals surface area contributed by atoms with Gasteiger partial charge in [0.25, 0.3) is 0 Å². The van der Waals surface area contributed by atoms with Crippen molar-refractivity contribution in [2.45, 2.75) is 45.8 Å². The molecule has 8 heteroatoms. The van der Waals surface area contributed by atoms with Crippen LogP contribution in [0.4, 0.5) is 5.69 Å². The van der Waals surface area contributed by atoms with Gasteiger partial charge in [0.15, 0.2) is 0 Å². The third-order valence-electron chi connectivity index (χ3n) is 5.32. The fourth-order valence-electron chi connectivity index (χ4n) is 3.93. The molecule has 0 saturated heterocycles. The van der Waals surface area contributed by atoms with E-state index in [2.05, 4.69) is 5.32 Å². The van der Waals surface area contributed by atoms with E-state index < -0.39 is 15.6 Å². The maximum atomic E-state index is 13.0. The maximum absolute atomic E-state index is 13.0. The molecule has 1 aliphatic heterocycles. The molecule has 1 amide bonds. The minimum absolute atomic E-state index is 0.306. The molecule has 2 aromatic rings. The Bertz CT molecular complexity index is 1100. The zero-order valence-corrected chi connectivity index (χ0v) is 19.7. The first-order chi connectivity index (χ1) is 14.4. The van der Waals surface area contributed by atoms with Crippen molar-refractivity contribution < 1.29 is 22.7 Å². The summed E-state index contributed by atoms with van der Waals surface area (Å²) in [6.07, 6.45) is 1.65. The number of hydrogen-bond acceptors (Lipinski definition) is 5. The number of benzene rings is 2. The summed E-state index contributed by atoms with van der Waals surface area (Å²) in [6.45, 7) is 7.38. The van der Waals surface area contributed by atoms with E-state index in [-0.39, 0.29) is 18.5 Å². The van der Waals surface area contributed by atoms with Gasteiger partial charge in [-0.25, -0.2) is 8.42 Å². The highest BCUT2D eigenvalue weighted by Crippen LogP contribution is 2.41. The summed E-state index contributed by atoms with van der Waals surface area (Å²) in [6, 6.07) is 10.6. The van der Waals surface area contributed by atoms with Crippen molar-refractivity contribution in [1.82, 2.24) is 5.32 Å². The molecular formula is C23H30N2O5S. The average molecular weight is 447 g/mol. The summed E-state index contributed by atoms with van der Waals surface area (Å²) in [5.41, 5.74) is 2.64. The minimum Gasteiger partial charge on any atom is -0.497 e. The number of hydrogen-bond donors (Lipinski definition) is 1. The van der Waals surface area contributed by atoms with Crippen LogP contribution in [0.1, 0.15) is 43.0 Å². The Kier molecular flexibility index (Phi) is 6.23. The molecule has 168 valence electrons. The van der Waals surface area contributed by atoms with E-state index in [1.54, 1.807) is 13.2 Å². The fraction of sp³-hybridized carbons (Fsp3) is 0.435. The third-order valence-corrected chi connectivity index (χ3v) is 6.44. The molecule has 0 aliphatic carbocycles. The second kappa shape index (κ2) is 8.42. The van der Waals surface area contributed by atoms with Crippen molar-refractivity contribution in [3.05, 3.63) is 53.1 Å². The van der Waals surface area contributed by atoms with E-state index in [1.165, 1.54) is 0 Å². The van der Waals surface area contributed by atoms with E-state index in [0.717, 1.165) is 27.3 Å². The highest BCUT2D eigenvalue weighted by atomic mass is 32.2. The number of nitrogens with zero attached hydrogens (tertiary/aromatic N) is 1. The molecule has 31 heavy (non-hydrogen) atoms. The summed E-state index contributed by atoms with van der Waals surface area (Å²) in [7, 11) is -2.08. The second-order valence-corrected chi connectivity index (χ2v) is 10.6. The zero-order valence-electron chi connectivity index (χ0n) is 18.9. The Morgan fingerprint density at radius 2 is 1.94 bits per heavy atom. The van der Waals surface area contributed by atoms with Gasteiger partial charge in [-0.2, -0.15) is 0 Å². The van der Waals surface area contributed by atoms with Crippen molar-refractivity contribution in [2.75, 3.05) is 24.2 Å². The number of amides is 1. The van der Waals surface area contributed by atoms with Crippen molar-refractivity contribution in [2.24, 2.45) is 0 Å². The lowest BCUT2D eigenvalue weighted by Gasteiger charge is -2.38. The molecule has 1 heterocycles. The first kappa shape index (κ1) is 22.9. The number of methoxy groups -OCH3 is 1. The molecule has 1 aliphatic rings. The van der Waals surface area contributed by atoms with E-state index >= 15 is 0 Å². The SMILES string of the molecule is COc1ccc2c(c1)[C@@H](NC(=O)CN(c1ccc(C)cc1C)S(C)(=O)=O)CC(C)(C)O2. The standard InChI is InChI=1S/C23H30N2O5S/c1-15-7-9-20(16(2)11-15)25(31(6,27)28)14-22(26)24-19-13-23(3,4)30-21-10-8-17(29-5)12-18(19)21/h7-12,19H,13-14H2,1-6H3,(H,24,26)/t19-/m0/s1. The van der Waals surface area contributed by atoms with Gasteiger partial charge in [-0.3, -0.25) is 9.10 Å². The molecule has 0 spiro atoms. The van der Waals surface area contributed by atoms with Crippen LogP contribution in [0, 0.1) is 13.8 Å². The molecular weight excluding hydrogens is 416 g/mol. The van der Waals surface area contributed by atoms with Crippen LogP contribution in [0.2, 0.25) is 0 Å². The maximum Gasteiger partial charge on any atom is 0.241 e. The number of aryl methyl sites for hydroxylation is 2. The van der Waals surface area contributed by atoms with Crippen molar-refractivity contribution >= 4 is 21.6 Å². The molecule has 1 N–H and O–H groups in total. The largest absolute Gasteiger partial charge is 0.497 e. The second-order valence-electron chi connectivity index (χ2n) is 8.65. The number of sulfonamides is 1. The number of fused-ring (bicyclic) bond motifs is 1. The normalized spacial score (nSPS) is 17.3. The van der Waals surface area contributed by atoms with Crippen LogP contribution in [0.5, 0.6) is 11.5 Å². The molecule has 2 aromatic carbocycles.